The SMILES string of the molecule is C[C@@H](ONC(=O)/C=C/c1ccc(N2CCCS2(=O)=O)cc1)c1ccccn1. The average Bonchev–Trinajstić information content (AvgIpc) is 3.04. The highest BCUT2D eigenvalue weighted by atomic mass is 32.2. The molecule has 0 spiro atoms. The molecule has 0 unspecified atom stereocenters. The van der Waals surface area contributed by atoms with E-state index in [0.29, 0.717) is 24.3 Å². The number of aromatic nitrogens is 1. The van der Waals surface area contributed by atoms with Crippen molar-refractivity contribution in [3.63, 3.8) is 0 Å². The highest BCUT2D eigenvalue weighted by molar-refractivity contribution is 7.93. The third kappa shape index (κ3) is 4.93. The lowest BCUT2D eigenvalue weighted by atomic mass is 10.2. The number of sulfonamides is 1. The lowest BCUT2D eigenvalue weighted by Gasteiger charge is -2.16. The van der Waals surface area contributed by atoms with E-state index in [1.54, 1.807) is 43.5 Å². The molecule has 7 nitrogen and oxygen atoms in total. The molecule has 8 heteroatoms. The minimum Gasteiger partial charge on any atom is -0.270 e. The number of rotatable bonds is 6. The van der Waals surface area contributed by atoms with Gasteiger partial charge in [0.05, 0.1) is 17.1 Å². The number of anilines is 1. The molecular weight excluding hydrogens is 366 g/mol. The van der Waals surface area contributed by atoms with Crippen molar-refractivity contribution in [1.82, 2.24) is 10.5 Å². The zero-order chi connectivity index (χ0) is 19.3. The van der Waals surface area contributed by atoms with Gasteiger partial charge in [0.25, 0.3) is 5.91 Å². The van der Waals surface area contributed by atoms with Gasteiger partial charge < -0.3 is 0 Å². The molecule has 1 aromatic carbocycles. The van der Waals surface area contributed by atoms with E-state index < -0.39 is 15.9 Å². The van der Waals surface area contributed by atoms with Crippen molar-refractivity contribution < 1.29 is 18.0 Å². The van der Waals surface area contributed by atoms with Crippen LogP contribution in [0, 0.1) is 0 Å². The Balaban J connectivity index is 1.54. The fourth-order valence-electron chi connectivity index (χ4n) is 2.71. The largest absolute Gasteiger partial charge is 0.270 e. The van der Waals surface area contributed by atoms with E-state index >= 15 is 0 Å². The van der Waals surface area contributed by atoms with E-state index in [1.165, 1.54) is 10.4 Å². The van der Waals surface area contributed by atoms with E-state index in [9.17, 15) is 13.2 Å². The molecule has 0 bridgehead atoms. The molecule has 0 radical (unpaired) electrons. The Morgan fingerprint density at radius 2 is 2.04 bits per heavy atom. The molecule has 3 rings (SSSR count). The van der Waals surface area contributed by atoms with E-state index in [2.05, 4.69) is 10.5 Å². The molecule has 1 aliphatic heterocycles. The topological polar surface area (TPSA) is 88.6 Å². The van der Waals surface area contributed by atoms with Crippen LogP contribution in [0.4, 0.5) is 5.69 Å². The second kappa shape index (κ2) is 8.32. The molecule has 2 aromatic rings. The van der Waals surface area contributed by atoms with Gasteiger partial charge in [-0.25, -0.2) is 13.9 Å². The van der Waals surface area contributed by atoms with Gasteiger partial charge >= 0.3 is 0 Å². The van der Waals surface area contributed by atoms with E-state index in [1.807, 2.05) is 18.2 Å². The first kappa shape index (κ1) is 19.1. The van der Waals surface area contributed by atoms with Crippen molar-refractivity contribution in [1.29, 1.82) is 0 Å². The molecule has 1 aromatic heterocycles. The molecule has 27 heavy (non-hydrogen) atoms. The van der Waals surface area contributed by atoms with Gasteiger partial charge in [0, 0.05) is 18.8 Å². The Labute approximate surface area is 158 Å². The maximum absolute atomic E-state index is 11.9. The third-order valence-corrected chi connectivity index (χ3v) is 6.02. The van der Waals surface area contributed by atoms with E-state index in [4.69, 9.17) is 4.84 Å². The quantitative estimate of drug-likeness (QED) is 0.608. The van der Waals surface area contributed by atoms with Crippen LogP contribution in [0.25, 0.3) is 6.08 Å². The number of pyridine rings is 1. The standard InChI is InChI=1S/C19H21N3O4S/c1-15(18-5-2-3-12-20-18)26-21-19(23)11-8-16-6-9-17(10-7-16)22-13-4-14-27(22,24)25/h2-3,5-12,15H,4,13-14H2,1H3,(H,21,23)/b11-8+/t15-/m1/s1. The van der Waals surface area contributed by atoms with Gasteiger partial charge in [-0.05, 0) is 49.2 Å². The van der Waals surface area contributed by atoms with Crippen LogP contribution in [0.5, 0.6) is 0 Å². The molecule has 1 atom stereocenters. The summed E-state index contributed by atoms with van der Waals surface area (Å²) in [5.41, 5.74) is 4.50. The smallest absolute Gasteiger partial charge is 0.267 e. The molecule has 1 fully saturated rings. The monoisotopic (exact) mass is 387 g/mol. The minimum absolute atomic E-state index is 0.186. The molecule has 0 saturated carbocycles. The first-order valence-electron chi connectivity index (χ1n) is 8.61. The van der Waals surface area contributed by atoms with Gasteiger partial charge in [-0.2, -0.15) is 0 Å². The van der Waals surface area contributed by atoms with Crippen molar-refractivity contribution in [2.45, 2.75) is 19.4 Å². The third-order valence-electron chi connectivity index (χ3n) is 4.15. The molecule has 2 heterocycles. The second-order valence-electron chi connectivity index (χ2n) is 6.15. The Hall–Kier alpha value is -2.71. The normalized spacial score (nSPS) is 17.1. The number of nitrogens with one attached hydrogen (secondary N) is 1. The van der Waals surface area contributed by atoms with Gasteiger partial charge in [-0.15, -0.1) is 0 Å². The number of carbonyl (C=O) groups excluding carboxylic acids is 1. The highest BCUT2D eigenvalue weighted by Gasteiger charge is 2.28. The van der Waals surface area contributed by atoms with E-state index in [0.717, 1.165) is 5.56 Å². The van der Waals surface area contributed by atoms with Crippen LogP contribution < -0.4 is 9.79 Å². The zero-order valence-electron chi connectivity index (χ0n) is 14.9. The summed E-state index contributed by atoms with van der Waals surface area (Å²) in [6.07, 6.45) is 4.92. The van der Waals surface area contributed by atoms with Crippen molar-refractivity contribution in [2.24, 2.45) is 0 Å². The summed E-state index contributed by atoms with van der Waals surface area (Å²) in [7, 11) is -3.19. The lowest BCUT2D eigenvalue weighted by molar-refractivity contribution is -0.132. The molecule has 1 aliphatic rings. The molecule has 1 saturated heterocycles. The predicted molar refractivity (Wildman–Crippen MR) is 103 cm³/mol. The summed E-state index contributed by atoms with van der Waals surface area (Å²) in [4.78, 5) is 21.3. The van der Waals surface area contributed by atoms with Crippen LogP contribution in [0.2, 0.25) is 0 Å². The summed E-state index contributed by atoms with van der Waals surface area (Å²) in [5.74, 6) is -0.213. The number of hydrogen-bond acceptors (Lipinski definition) is 5. The highest BCUT2D eigenvalue weighted by Crippen LogP contribution is 2.24. The molecule has 1 N–H and O–H groups in total. The van der Waals surface area contributed by atoms with Crippen molar-refractivity contribution in [3.8, 4) is 0 Å². The summed E-state index contributed by atoms with van der Waals surface area (Å²) in [6.45, 7) is 2.29. The Morgan fingerprint density at radius 1 is 1.26 bits per heavy atom. The fraction of sp³-hybridized carbons (Fsp3) is 0.263. The first-order chi connectivity index (χ1) is 13.0. The van der Waals surface area contributed by atoms with Gasteiger partial charge in [-0.1, -0.05) is 18.2 Å². The number of carbonyl (C=O) groups is 1. The van der Waals surface area contributed by atoms with E-state index in [-0.39, 0.29) is 11.9 Å². The summed E-state index contributed by atoms with van der Waals surface area (Å²) < 4.78 is 25.3. The Morgan fingerprint density at radius 3 is 2.67 bits per heavy atom. The number of nitrogens with zero attached hydrogens (tertiary/aromatic N) is 2. The van der Waals surface area contributed by atoms with Crippen molar-refractivity contribution in [2.75, 3.05) is 16.6 Å². The van der Waals surface area contributed by atoms with Crippen LogP contribution in [-0.2, 0) is 19.7 Å². The van der Waals surface area contributed by atoms with Crippen LogP contribution in [0.3, 0.4) is 0 Å². The lowest BCUT2D eigenvalue weighted by Crippen LogP contribution is -2.24. The number of hydroxylamine groups is 1. The van der Waals surface area contributed by atoms with Crippen LogP contribution in [-0.4, -0.2) is 31.6 Å². The maximum atomic E-state index is 11.9. The number of amides is 1. The van der Waals surface area contributed by atoms with Gasteiger partial charge in [0.15, 0.2) is 0 Å². The fourth-order valence-corrected chi connectivity index (χ4v) is 4.27. The summed E-state index contributed by atoms with van der Waals surface area (Å²) in [6, 6.07) is 12.5. The Bertz CT molecular complexity index is 912. The van der Waals surface area contributed by atoms with Crippen molar-refractivity contribution in [3.05, 3.63) is 66.0 Å². The first-order valence-corrected chi connectivity index (χ1v) is 10.2. The van der Waals surface area contributed by atoms with Gasteiger partial charge in [-0.3, -0.25) is 18.9 Å². The van der Waals surface area contributed by atoms with Gasteiger partial charge in [0.1, 0.15) is 6.10 Å². The molecule has 142 valence electrons. The second-order valence-corrected chi connectivity index (χ2v) is 8.16. The molecule has 0 aliphatic carbocycles. The summed E-state index contributed by atoms with van der Waals surface area (Å²) in [5, 5.41) is 0. The molecule has 1 amide bonds. The van der Waals surface area contributed by atoms with Crippen LogP contribution in [0.1, 0.15) is 30.7 Å². The average molecular weight is 387 g/mol. The number of benzene rings is 1. The van der Waals surface area contributed by atoms with Gasteiger partial charge in [0.2, 0.25) is 10.0 Å². The summed E-state index contributed by atoms with van der Waals surface area (Å²) >= 11 is 0. The number of hydrogen-bond donors (Lipinski definition) is 1. The zero-order valence-corrected chi connectivity index (χ0v) is 15.7. The van der Waals surface area contributed by atoms with Crippen LogP contribution in [0.15, 0.2) is 54.7 Å². The van der Waals surface area contributed by atoms with Crippen molar-refractivity contribution >= 4 is 27.7 Å². The minimum atomic E-state index is -3.19. The maximum Gasteiger partial charge on any atom is 0.267 e. The Kier molecular flexibility index (Phi) is 5.88. The van der Waals surface area contributed by atoms with Crippen LogP contribution >= 0.6 is 0 Å². The predicted octanol–water partition coefficient (Wildman–Crippen LogP) is 2.44. The molecular formula is C19H21N3O4S.